The van der Waals surface area contributed by atoms with Crippen LogP contribution in [0.4, 0.5) is 0 Å². The van der Waals surface area contributed by atoms with Crippen molar-refractivity contribution in [3.05, 3.63) is 42.0 Å². The van der Waals surface area contributed by atoms with E-state index in [1.54, 1.807) is 7.05 Å². The van der Waals surface area contributed by atoms with E-state index in [4.69, 9.17) is 4.74 Å². The van der Waals surface area contributed by atoms with Crippen molar-refractivity contribution in [2.24, 2.45) is 4.99 Å². The van der Waals surface area contributed by atoms with E-state index in [9.17, 15) is 0 Å². The number of guanidine groups is 1. The van der Waals surface area contributed by atoms with Crippen LogP contribution in [0.3, 0.4) is 0 Å². The molecule has 2 N–H and O–H groups in total. The van der Waals surface area contributed by atoms with E-state index in [0.717, 1.165) is 30.2 Å². The predicted molar refractivity (Wildman–Crippen MR) is 101 cm³/mol. The fraction of sp³-hybridized carbons (Fsp3) is 0.438. The Balaban J connectivity index is 0.00000400. The predicted octanol–water partition coefficient (Wildman–Crippen LogP) is 3.33. The molecule has 0 heterocycles. The summed E-state index contributed by atoms with van der Waals surface area (Å²) in [6.07, 6.45) is 5.17. The zero-order chi connectivity index (χ0) is 14.6. The van der Waals surface area contributed by atoms with E-state index in [-0.39, 0.29) is 24.0 Å². The summed E-state index contributed by atoms with van der Waals surface area (Å²) < 4.78 is 5.61. The number of benzene rings is 1. The number of nitrogens with zero attached hydrogens (tertiary/aromatic N) is 1. The summed E-state index contributed by atoms with van der Waals surface area (Å²) in [6.45, 7) is 6.26. The molecule has 0 saturated carbocycles. The normalized spacial score (nSPS) is 11.1. The molecule has 5 heteroatoms. The Morgan fingerprint density at radius 3 is 2.71 bits per heavy atom. The Morgan fingerprint density at radius 2 is 2.05 bits per heavy atom. The summed E-state index contributed by atoms with van der Waals surface area (Å²) >= 11 is 0. The highest BCUT2D eigenvalue weighted by Crippen LogP contribution is 2.17. The van der Waals surface area contributed by atoms with Crippen molar-refractivity contribution in [3.63, 3.8) is 0 Å². The Labute approximate surface area is 145 Å². The summed E-state index contributed by atoms with van der Waals surface area (Å²) in [5.74, 6) is 1.73. The molecule has 0 aromatic heterocycles. The third-order valence-electron chi connectivity index (χ3n) is 2.78. The number of para-hydroxylation sites is 1. The van der Waals surface area contributed by atoms with Crippen molar-refractivity contribution in [1.82, 2.24) is 10.6 Å². The molecule has 1 aromatic rings. The summed E-state index contributed by atoms with van der Waals surface area (Å²) in [6, 6.07) is 8.05. The topological polar surface area (TPSA) is 45.7 Å². The van der Waals surface area contributed by atoms with Gasteiger partial charge < -0.3 is 15.4 Å². The van der Waals surface area contributed by atoms with Crippen molar-refractivity contribution in [1.29, 1.82) is 0 Å². The molecule has 118 valence electrons. The highest BCUT2D eigenvalue weighted by molar-refractivity contribution is 14.0. The summed E-state index contributed by atoms with van der Waals surface area (Å²) in [5.41, 5.74) is 1.13. The van der Waals surface area contributed by atoms with Crippen LogP contribution in [0.1, 0.15) is 25.8 Å². The standard InChI is InChI=1S/C16H25N3O.HI/c1-4-6-9-12-18-16(17-3)19-13-14-10-7-8-11-15(14)20-5-2;/h4,6-8,10-11H,5,9,12-13H2,1-3H3,(H2,17,18,19);1H. The number of rotatable bonds is 7. The monoisotopic (exact) mass is 403 g/mol. The molecule has 1 aromatic carbocycles. The maximum absolute atomic E-state index is 5.61. The maximum atomic E-state index is 5.61. The lowest BCUT2D eigenvalue weighted by atomic mass is 10.2. The molecule has 0 aliphatic rings. The summed E-state index contributed by atoms with van der Waals surface area (Å²) in [7, 11) is 1.78. The number of hydrogen-bond donors (Lipinski definition) is 2. The van der Waals surface area contributed by atoms with Gasteiger partial charge in [0, 0.05) is 25.7 Å². The molecular formula is C16H26IN3O. The molecule has 0 atom stereocenters. The van der Waals surface area contributed by atoms with E-state index in [1.807, 2.05) is 32.0 Å². The van der Waals surface area contributed by atoms with Gasteiger partial charge in [-0.2, -0.15) is 0 Å². The molecule has 0 saturated heterocycles. The molecule has 0 spiro atoms. The van der Waals surface area contributed by atoms with Gasteiger partial charge >= 0.3 is 0 Å². The van der Waals surface area contributed by atoms with Crippen LogP contribution in [-0.4, -0.2) is 26.2 Å². The van der Waals surface area contributed by atoms with Gasteiger partial charge in [0.1, 0.15) is 5.75 Å². The van der Waals surface area contributed by atoms with Gasteiger partial charge in [0.05, 0.1) is 6.61 Å². The lowest BCUT2D eigenvalue weighted by Gasteiger charge is -2.13. The van der Waals surface area contributed by atoms with E-state index in [2.05, 4.69) is 33.8 Å². The number of aliphatic imine (C=N–C) groups is 1. The highest BCUT2D eigenvalue weighted by Gasteiger charge is 2.03. The maximum Gasteiger partial charge on any atom is 0.191 e. The number of allylic oxidation sites excluding steroid dienone is 1. The second kappa shape index (κ2) is 12.5. The van der Waals surface area contributed by atoms with Gasteiger partial charge in [-0.1, -0.05) is 30.4 Å². The minimum absolute atomic E-state index is 0. The Morgan fingerprint density at radius 1 is 1.29 bits per heavy atom. The minimum Gasteiger partial charge on any atom is -0.494 e. The fourth-order valence-electron chi connectivity index (χ4n) is 1.79. The van der Waals surface area contributed by atoms with Crippen LogP contribution in [-0.2, 0) is 6.54 Å². The lowest BCUT2D eigenvalue weighted by molar-refractivity contribution is 0.336. The third kappa shape index (κ3) is 7.94. The van der Waals surface area contributed by atoms with Gasteiger partial charge in [0.2, 0.25) is 0 Å². The third-order valence-corrected chi connectivity index (χ3v) is 2.78. The molecule has 1 rings (SSSR count). The van der Waals surface area contributed by atoms with E-state index in [0.29, 0.717) is 13.2 Å². The quantitative estimate of drug-likeness (QED) is 0.241. The first-order chi connectivity index (χ1) is 9.81. The van der Waals surface area contributed by atoms with Gasteiger partial charge in [-0.15, -0.1) is 24.0 Å². The van der Waals surface area contributed by atoms with Crippen LogP contribution in [0, 0.1) is 0 Å². The average Bonchev–Trinajstić information content (AvgIpc) is 2.48. The Bertz CT molecular complexity index is 447. The summed E-state index contributed by atoms with van der Waals surface area (Å²) in [5, 5.41) is 6.57. The smallest absolute Gasteiger partial charge is 0.191 e. The van der Waals surface area contributed by atoms with E-state index in [1.165, 1.54) is 0 Å². The van der Waals surface area contributed by atoms with Crippen molar-refractivity contribution >= 4 is 29.9 Å². The molecule has 0 fully saturated rings. The van der Waals surface area contributed by atoms with Crippen LogP contribution < -0.4 is 15.4 Å². The molecule has 0 bridgehead atoms. The molecule has 4 nitrogen and oxygen atoms in total. The molecule has 21 heavy (non-hydrogen) atoms. The first-order valence-electron chi connectivity index (χ1n) is 7.08. The van der Waals surface area contributed by atoms with Crippen molar-refractivity contribution in [2.75, 3.05) is 20.2 Å². The van der Waals surface area contributed by atoms with Gasteiger partial charge in [0.15, 0.2) is 5.96 Å². The Hall–Kier alpha value is -1.24. The summed E-state index contributed by atoms with van der Waals surface area (Å²) in [4.78, 5) is 4.21. The average molecular weight is 403 g/mol. The van der Waals surface area contributed by atoms with E-state index >= 15 is 0 Å². The minimum atomic E-state index is 0. The molecule has 0 aliphatic heterocycles. The first kappa shape index (κ1) is 19.8. The van der Waals surface area contributed by atoms with Crippen LogP contribution in [0.15, 0.2) is 41.4 Å². The second-order valence-electron chi connectivity index (χ2n) is 4.25. The van der Waals surface area contributed by atoms with Gasteiger partial charge in [0.25, 0.3) is 0 Å². The van der Waals surface area contributed by atoms with Crippen LogP contribution >= 0.6 is 24.0 Å². The number of halogens is 1. The molecule has 0 unspecified atom stereocenters. The zero-order valence-electron chi connectivity index (χ0n) is 13.1. The largest absolute Gasteiger partial charge is 0.494 e. The highest BCUT2D eigenvalue weighted by atomic mass is 127. The zero-order valence-corrected chi connectivity index (χ0v) is 15.4. The van der Waals surface area contributed by atoms with Crippen molar-refractivity contribution < 1.29 is 4.74 Å². The molecule has 0 aliphatic carbocycles. The first-order valence-corrected chi connectivity index (χ1v) is 7.08. The Kier molecular flexibility index (Phi) is 11.8. The second-order valence-corrected chi connectivity index (χ2v) is 4.25. The van der Waals surface area contributed by atoms with Gasteiger partial charge in [-0.3, -0.25) is 4.99 Å². The van der Waals surface area contributed by atoms with Crippen molar-refractivity contribution in [3.8, 4) is 5.75 Å². The lowest BCUT2D eigenvalue weighted by Crippen LogP contribution is -2.37. The molecular weight excluding hydrogens is 377 g/mol. The van der Waals surface area contributed by atoms with Crippen LogP contribution in [0.5, 0.6) is 5.75 Å². The number of hydrogen-bond acceptors (Lipinski definition) is 2. The number of ether oxygens (including phenoxy) is 1. The van der Waals surface area contributed by atoms with E-state index < -0.39 is 0 Å². The van der Waals surface area contributed by atoms with Gasteiger partial charge in [-0.05, 0) is 26.3 Å². The molecule has 0 radical (unpaired) electrons. The van der Waals surface area contributed by atoms with Crippen molar-refractivity contribution in [2.45, 2.75) is 26.8 Å². The van der Waals surface area contributed by atoms with Gasteiger partial charge in [-0.25, -0.2) is 0 Å². The van der Waals surface area contributed by atoms with Crippen LogP contribution in [0.25, 0.3) is 0 Å². The fourth-order valence-corrected chi connectivity index (χ4v) is 1.79. The molecule has 0 amide bonds. The number of nitrogens with one attached hydrogen (secondary N) is 2. The SMILES string of the molecule is CC=CCCNC(=NC)NCc1ccccc1OCC.I. The van der Waals surface area contributed by atoms with Crippen LogP contribution in [0.2, 0.25) is 0 Å².